The Kier molecular flexibility index (Phi) is 4.24. The van der Waals surface area contributed by atoms with Gasteiger partial charge in [-0.25, -0.2) is 14.2 Å². The zero-order valence-electron chi connectivity index (χ0n) is 14.9. The lowest BCUT2D eigenvalue weighted by Crippen LogP contribution is -2.27. The summed E-state index contributed by atoms with van der Waals surface area (Å²) in [5, 5.41) is 9.10. The molecule has 0 spiro atoms. The van der Waals surface area contributed by atoms with Gasteiger partial charge < -0.3 is 5.11 Å². The lowest BCUT2D eigenvalue weighted by atomic mass is 9.97. The number of rotatable bonds is 3. The van der Waals surface area contributed by atoms with Gasteiger partial charge in [0.1, 0.15) is 5.82 Å². The van der Waals surface area contributed by atoms with Crippen LogP contribution in [0.1, 0.15) is 26.3 Å². The van der Waals surface area contributed by atoms with Gasteiger partial charge in [-0.1, -0.05) is 26.8 Å². The van der Waals surface area contributed by atoms with E-state index in [-0.39, 0.29) is 17.7 Å². The van der Waals surface area contributed by atoms with E-state index in [1.807, 2.05) is 6.07 Å². The van der Waals surface area contributed by atoms with Gasteiger partial charge >= 0.3 is 5.69 Å². The van der Waals surface area contributed by atoms with Gasteiger partial charge in [-0.15, -0.1) is 0 Å². The van der Waals surface area contributed by atoms with Crippen molar-refractivity contribution >= 4 is 11.2 Å². The molecule has 0 aliphatic rings. The molecule has 1 N–H and O–H groups in total. The fourth-order valence-corrected chi connectivity index (χ4v) is 2.92. The molecule has 5 nitrogen and oxygen atoms in total. The van der Waals surface area contributed by atoms with Crippen molar-refractivity contribution in [2.75, 3.05) is 0 Å². The van der Waals surface area contributed by atoms with Crippen LogP contribution >= 0.6 is 0 Å². The van der Waals surface area contributed by atoms with E-state index in [1.165, 1.54) is 10.6 Å². The predicted octanol–water partition coefficient (Wildman–Crippen LogP) is 3.08. The third kappa shape index (κ3) is 3.22. The van der Waals surface area contributed by atoms with Gasteiger partial charge in [0.25, 0.3) is 0 Å². The Labute approximate surface area is 145 Å². The van der Waals surface area contributed by atoms with Crippen LogP contribution in [0.2, 0.25) is 0 Å². The fraction of sp³-hybridized carbons (Fsp3) is 0.368. The molecule has 25 heavy (non-hydrogen) atoms. The smallest absolute Gasteiger partial charge is 0.330 e. The summed E-state index contributed by atoms with van der Waals surface area (Å²) in [5.41, 5.74) is 2.38. The highest BCUT2D eigenvalue weighted by Crippen LogP contribution is 2.25. The molecule has 2 heterocycles. The summed E-state index contributed by atoms with van der Waals surface area (Å²) in [4.78, 5) is 17.1. The van der Waals surface area contributed by atoms with Crippen molar-refractivity contribution in [1.82, 2.24) is 14.1 Å². The van der Waals surface area contributed by atoms with Crippen molar-refractivity contribution in [3.05, 3.63) is 52.2 Å². The zero-order valence-corrected chi connectivity index (χ0v) is 14.9. The van der Waals surface area contributed by atoms with Crippen LogP contribution in [-0.4, -0.2) is 19.2 Å². The summed E-state index contributed by atoms with van der Waals surface area (Å²) in [6.45, 7) is 6.56. The number of fused-ring (bicyclic) bond motifs is 1. The lowest BCUT2D eigenvalue weighted by molar-refractivity contribution is 0.281. The molecule has 0 saturated heterocycles. The summed E-state index contributed by atoms with van der Waals surface area (Å²) in [5.74, 6) is -0.447. The Morgan fingerprint density at radius 2 is 1.92 bits per heavy atom. The second-order valence-corrected chi connectivity index (χ2v) is 7.50. The van der Waals surface area contributed by atoms with Crippen LogP contribution in [0.5, 0.6) is 0 Å². The van der Waals surface area contributed by atoms with Crippen molar-refractivity contribution in [1.29, 1.82) is 0 Å². The van der Waals surface area contributed by atoms with Gasteiger partial charge in [0.15, 0.2) is 5.65 Å². The van der Waals surface area contributed by atoms with Crippen molar-refractivity contribution in [2.24, 2.45) is 12.5 Å². The molecule has 0 aliphatic carbocycles. The SMILES string of the molecule is Cn1c(=O)n(CC(C)(C)C)c2ccc(-c3ccc(CO)cc3F)nc21. The zero-order chi connectivity index (χ0) is 18.4. The summed E-state index contributed by atoms with van der Waals surface area (Å²) in [6, 6.07) is 8.08. The highest BCUT2D eigenvalue weighted by molar-refractivity contribution is 5.76. The molecule has 0 bridgehead atoms. The van der Waals surface area contributed by atoms with Crippen molar-refractivity contribution in [3.63, 3.8) is 0 Å². The van der Waals surface area contributed by atoms with E-state index in [4.69, 9.17) is 5.11 Å². The minimum atomic E-state index is -0.447. The molecular formula is C19H22FN3O2. The number of imidazole rings is 1. The summed E-state index contributed by atoms with van der Waals surface area (Å²) < 4.78 is 17.5. The molecule has 132 valence electrons. The van der Waals surface area contributed by atoms with Crippen molar-refractivity contribution < 1.29 is 9.50 Å². The van der Waals surface area contributed by atoms with Gasteiger partial charge in [0.2, 0.25) is 0 Å². The van der Waals surface area contributed by atoms with Crippen LogP contribution in [0.15, 0.2) is 35.1 Å². The van der Waals surface area contributed by atoms with E-state index in [1.54, 1.807) is 29.8 Å². The number of benzene rings is 1. The molecule has 0 saturated carbocycles. The molecule has 1 aromatic carbocycles. The molecule has 2 aromatic heterocycles. The minimum Gasteiger partial charge on any atom is -0.392 e. The molecule has 0 fully saturated rings. The fourth-order valence-electron chi connectivity index (χ4n) is 2.92. The number of hydrogen-bond donors (Lipinski definition) is 1. The average Bonchev–Trinajstić information content (AvgIpc) is 2.78. The molecule has 3 aromatic rings. The molecule has 0 radical (unpaired) electrons. The third-order valence-corrected chi connectivity index (χ3v) is 4.11. The van der Waals surface area contributed by atoms with Gasteiger partial charge in [-0.3, -0.25) is 9.13 Å². The first-order valence-corrected chi connectivity index (χ1v) is 8.17. The maximum Gasteiger partial charge on any atom is 0.330 e. The van der Waals surface area contributed by atoms with E-state index < -0.39 is 5.82 Å². The summed E-state index contributed by atoms with van der Waals surface area (Å²) in [7, 11) is 1.67. The number of aryl methyl sites for hydroxylation is 1. The van der Waals surface area contributed by atoms with Gasteiger partial charge in [0.05, 0.1) is 17.8 Å². The number of aliphatic hydroxyl groups excluding tert-OH is 1. The van der Waals surface area contributed by atoms with E-state index in [0.717, 1.165) is 5.52 Å². The Balaban J connectivity index is 2.16. The van der Waals surface area contributed by atoms with Gasteiger partial charge in [0, 0.05) is 19.2 Å². The van der Waals surface area contributed by atoms with Crippen LogP contribution in [0.25, 0.3) is 22.4 Å². The standard InChI is InChI=1S/C19H22FN3O2/c1-19(2,3)11-23-16-8-7-15(21-17(16)22(4)18(23)25)13-6-5-12(10-24)9-14(13)20/h5-9,24H,10-11H2,1-4H3. The van der Waals surface area contributed by atoms with Gasteiger partial charge in [-0.05, 0) is 35.2 Å². The maximum atomic E-state index is 14.3. The summed E-state index contributed by atoms with van der Waals surface area (Å²) in [6.07, 6.45) is 0. The molecule has 0 aliphatic heterocycles. The molecule has 0 amide bonds. The number of aromatic nitrogens is 3. The summed E-state index contributed by atoms with van der Waals surface area (Å²) >= 11 is 0. The van der Waals surface area contributed by atoms with Crippen molar-refractivity contribution in [3.8, 4) is 11.3 Å². The second-order valence-electron chi connectivity index (χ2n) is 7.50. The minimum absolute atomic E-state index is 0.0526. The van der Waals surface area contributed by atoms with E-state index in [2.05, 4.69) is 25.8 Å². The maximum absolute atomic E-state index is 14.3. The van der Waals surface area contributed by atoms with E-state index in [0.29, 0.717) is 29.0 Å². The normalized spacial score (nSPS) is 12.1. The Hall–Kier alpha value is -2.47. The first kappa shape index (κ1) is 17.4. The Morgan fingerprint density at radius 1 is 1.20 bits per heavy atom. The Morgan fingerprint density at radius 3 is 2.52 bits per heavy atom. The molecular weight excluding hydrogens is 321 g/mol. The number of hydrogen-bond acceptors (Lipinski definition) is 3. The second kappa shape index (κ2) is 6.11. The highest BCUT2D eigenvalue weighted by atomic mass is 19.1. The largest absolute Gasteiger partial charge is 0.392 e. The first-order valence-electron chi connectivity index (χ1n) is 8.17. The quantitative estimate of drug-likeness (QED) is 0.795. The monoisotopic (exact) mass is 343 g/mol. The van der Waals surface area contributed by atoms with E-state index >= 15 is 0 Å². The lowest BCUT2D eigenvalue weighted by Gasteiger charge is -2.18. The number of halogens is 1. The predicted molar refractivity (Wildman–Crippen MR) is 95.7 cm³/mol. The number of pyridine rings is 1. The topological polar surface area (TPSA) is 60.0 Å². The third-order valence-electron chi connectivity index (χ3n) is 4.11. The molecule has 0 unspecified atom stereocenters. The number of nitrogens with zero attached hydrogens (tertiary/aromatic N) is 3. The van der Waals surface area contributed by atoms with E-state index in [9.17, 15) is 9.18 Å². The molecule has 6 heteroatoms. The molecule has 0 atom stereocenters. The van der Waals surface area contributed by atoms with Crippen LogP contribution in [0, 0.1) is 11.2 Å². The van der Waals surface area contributed by atoms with Crippen molar-refractivity contribution in [2.45, 2.75) is 33.9 Å². The molecule has 3 rings (SSSR count). The Bertz CT molecular complexity index is 996. The van der Waals surface area contributed by atoms with Crippen LogP contribution in [0.4, 0.5) is 4.39 Å². The van der Waals surface area contributed by atoms with Gasteiger partial charge in [-0.2, -0.15) is 0 Å². The van der Waals surface area contributed by atoms with Crippen LogP contribution in [-0.2, 0) is 20.2 Å². The highest BCUT2D eigenvalue weighted by Gasteiger charge is 2.19. The number of aliphatic hydroxyl groups is 1. The van der Waals surface area contributed by atoms with Crippen LogP contribution < -0.4 is 5.69 Å². The van der Waals surface area contributed by atoms with Crippen LogP contribution in [0.3, 0.4) is 0 Å². The average molecular weight is 343 g/mol. The first-order chi connectivity index (χ1) is 11.7.